The summed E-state index contributed by atoms with van der Waals surface area (Å²) in [6.07, 6.45) is -1.13. The third kappa shape index (κ3) is 3.02. The van der Waals surface area contributed by atoms with Crippen molar-refractivity contribution in [2.75, 3.05) is 0 Å². The highest BCUT2D eigenvalue weighted by molar-refractivity contribution is 8.38. The van der Waals surface area contributed by atoms with Crippen LogP contribution in [0.15, 0.2) is 0 Å². The molecule has 0 spiro atoms. The molecule has 0 saturated heterocycles. The van der Waals surface area contributed by atoms with Crippen LogP contribution in [0, 0.1) is 0 Å². The standard InChI is InChI=1S/B7P/c1-6(2)8(5)7(3)4. The van der Waals surface area contributed by atoms with Crippen molar-refractivity contribution in [3.63, 3.8) is 0 Å². The van der Waals surface area contributed by atoms with Crippen LogP contribution in [0.25, 0.3) is 0 Å². The number of rotatable bonds is 2. The summed E-state index contributed by atoms with van der Waals surface area (Å²) in [5.41, 5.74) is 0. The first-order chi connectivity index (χ1) is 3.55. The van der Waals surface area contributed by atoms with E-state index in [2.05, 4.69) is 0 Å². The van der Waals surface area contributed by atoms with Crippen molar-refractivity contribution >= 4 is 58.5 Å². The summed E-state index contributed by atoms with van der Waals surface area (Å²) in [6, 6.07) is 0. The fourth-order valence-electron chi connectivity index (χ4n) is 0.199. The van der Waals surface area contributed by atoms with Gasteiger partial charge in [-0.2, -0.15) is 0 Å². The molecule has 0 aliphatic heterocycles. The SMILES string of the molecule is [B]B([B])P([B])B([B])[B]. The van der Waals surface area contributed by atoms with E-state index in [1.807, 2.05) is 0 Å². The first kappa shape index (κ1) is 8.88. The second kappa shape index (κ2) is 3.82. The lowest BCUT2D eigenvalue weighted by atomic mass is 9.35. The van der Waals surface area contributed by atoms with Crippen molar-refractivity contribution in [1.82, 2.24) is 0 Å². The van der Waals surface area contributed by atoms with Crippen LogP contribution in [-0.2, 0) is 0 Å². The van der Waals surface area contributed by atoms with Crippen LogP contribution < -0.4 is 0 Å². The molecule has 0 amide bonds. The Labute approximate surface area is 59.1 Å². The lowest BCUT2D eigenvalue weighted by Gasteiger charge is -2.19. The summed E-state index contributed by atoms with van der Waals surface area (Å²) in [7, 11) is 24.9. The quantitative estimate of drug-likeness (QED) is 0.288. The highest BCUT2D eigenvalue weighted by atomic mass is 31.1. The van der Waals surface area contributed by atoms with E-state index in [9.17, 15) is 0 Å². The predicted molar refractivity (Wildman–Crippen MR) is 47.2 cm³/mol. The van der Waals surface area contributed by atoms with Crippen LogP contribution in [0.4, 0.5) is 0 Å². The largest absolute Gasteiger partial charge is 0.251 e. The molecule has 0 fully saturated rings. The molecule has 0 N–H and O–H groups in total. The average Bonchev–Trinajstić information content (AvgIpc) is 1.64. The smallest absolute Gasteiger partial charge is 0.0819 e. The molecule has 8 heavy (non-hydrogen) atoms. The third-order valence-electron chi connectivity index (χ3n) is 0.689. The second-order valence-corrected chi connectivity index (χ2v) is 3.52. The average molecular weight is 107 g/mol. The minimum atomic E-state index is -1.09. The van der Waals surface area contributed by atoms with Gasteiger partial charge in [-0.05, 0) is 0 Å². The van der Waals surface area contributed by atoms with Gasteiger partial charge in [-0.15, -0.1) is 0 Å². The Kier molecular flexibility index (Phi) is 4.25. The van der Waals surface area contributed by atoms with Crippen molar-refractivity contribution in [3.05, 3.63) is 0 Å². The van der Waals surface area contributed by atoms with Gasteiger partial charge in [-0.1, -0.05) is 0 Å². The van der Waals surface area contributed by atoms with Gasteiger partial charge in [0.1, 0.15) is 0 Å². The minimum absolute atomic E-state index is 0.565. The maximum atomic E-state index is 5.32. The summed E-state index contributed by atoms with van der Waals surface area (Å²) in [4.78, 5) is 0. The maximum Gasteiger partial charge on any atom is 0.0819 e. The Morgan fingerprint density at radius 2 is 1.12 bits per heavy atom. The van der Waals surface area contributed by atoms with E-state index in [0.717, 1.165) is 0 Å². The van der Waals surface area contributed by atoms with Gasteiger partial charge in [0, 0.05) is 30.9 Å². The molecule has 0 aromatic rings. The molecular formula is B7P. The highest BCUT2D eigenvalue weighted by Crippen LogP contribution is 2.29. The van der Waals surface area contributed by atoms with E-state index < -0.39 is 20.0 Å². The molecule has 10 radical (unpaired) electrons. The molecule has 0 aliphatic carbocycles. The Morgan fingerprint density at radius 3 is 1.12 bits per heavy atom. The molecular weight excluding hydrogens is 107 g/mol. The van der Waals surface area contributed by atoms with Crippen molar-refractivity contribution in [3.8, 4) is 0 Å². The van der Waals surface area contributed by atoms with Crippen LogP contribution in [0.3, 0.4) is 0 Å². The van der Waals surface area contributed by atoms with Crippen LogP contribution in [0.5, 0.6) is 0 Å². The lowest BCUT2D eigenvalue weighted by molar-refractivity contribution is 3.89. The van der Waals surface area contributed by atoms with E-state index in [-0.39, 0.29) is 0 Å². The molecule has 0 aliphatic rings. The van der Waals surface area contributed by atoms with Crippen molar-refractivity contribution in [2.45, 2.75) is 0 Å². The van der Waals surface area contributed by atoms with Gasteiger partial charge in [0.2, 0.25) is 0 Å². The molecule has 0 heterocycles. The zero-order valence-corrected chi connectivity index (χ0v) is 5.38. The van der Waals surface area contributed by atoms with Crippen LogP contribution in [0.2, 0.25) is 0 Å². The van der Waals surface area contributed by atoms with Gasteiger partial charge in [-0.3, -0.25) is 7.56 Å². The topological polar surface area (TPSA) is 0 Å². The van der Waals surface area contributed by atoms with Crippen LogP contribution in [0.1, 0.15) is 0 Å². The first-order valence-corrected chi connectivity index (χ1v) is 3.66. The molecule has 0 aromatic heterocycles. The van der Waals surface area contributed by atoms with E-state index in [4.69, 9.17) is 38.5 Å². The van der Waals surface area contributed by atoms with E-state index in [0.29, 0.717) is 0 Å². The van der Waals surface area contributed by atoms with Gasteiger partial charge >= 0.3 is 0 Å². The summed E-state index contributed by atoms with van der Waals surface area (Å²) in [5, 5.41) is 0. The summed E-state index contributed by atoms with van der Waals surface area (Å²) < 4.78 is 0. The summed E-state index contributed by atoms with van der Waals surface area (Å²) >= 11 is 0. The molecule has 0 saturated carbocycles. The van der Waals surface area contributed by atoms with E-state index in [1.165, 1.54) is 0 Å². The Balaban J connectivity index is 3.46. The predicted octanol–water partition coefficient (Wildman–Crippen LogP) is -1.80. The third-order valence-corrected chi connectivity index (χ3v) is 2.07. The number of hydrogen-bond acceptors (Lipinski definition) is 0. The molecule has 0 aromatic carbocycles. The van der Waals surface area contributed by atoms with E-state index in [1.54, 1.807) is 0 Å². The zero-order chi connectivity index (χ0) is 6.73. The van der Waals surface area contributed by atoms with Gasteiger partial charge in [-0.25, -0.2) is 0 Å². The van der Waals surface area contributed by atoms with Crippen LogP contribution in [-0.4, -0.2) is 50.9 Å². The summed E-state index contributed by atoms with van der Waals surface area (Å²) in [6.45, 7) is 0. The molecule has 0 unspecified atom stereocenters. The minimum Gasteiger partial charge on any atom is -0.251 e. The fourth-order valence-corrected chi connectivity index (χ4v) is 0.596. The second-order valence-electron chi connectivity index (χ2n) is 1.43. The summed E-state index contributed by atoms with van der Waals surface area (Å²) in [5.74, 6) is 0. The normalized spacial score (nSPS) is 9.12. The van der Waals surface area contributed by atoms with Crippen LogP contribution >= 0.6 is 7.56 Å². The van der Waals surface area contributed by atoms with Gasteiger partial charge in [0.25, 0.3) is 0 Å². The Morgan fingerprint density at radius 1 is 0.875 bits per heavy atom. The Hall–Kier alpha value is 0.885. The molecule has 8 heteroatoms. The monoisotopic (exact) mass is 108 g/mol. The first-order valence-electron chi connectivity index (χ1n) is 2.11. The molecule has 0 bridgehead atoms. The van der Waals surface area contributed by atoms with Crippen molar-refractivity contribution < 1.29 is 0 Å². The highest BCUT2D eigenvalue weighted by Gasteiger charge is 2.10. The van der Waals surface area contributed by atoms with Crippen molar-refractivity contribution in [2.24, 2.45) is 0 Å². The number of hydrogen-bond donors (Lipinski definition) is 0. The molecule has 0 nitrogen and oxygen atoms in total. The lowest BCUT2D eigenvalue weighted by Crippen LogP contribution is -2.24. The Bertz CT molecular complexity index is 49.4. The van der Waals surface area contributed by atoms with Gasteiger partial charge < -0.3 is 0 Å². The van der Waals surface area contributed by atoms with E-state index >= 15 is 0 Å². The zero-order valence-electron chi connectivity index (χ0n) is 4.49. The molecule has 0 atom stereocenters. The molecule has 0 rings (SSSR count). The maximum absolute atomic E-state index is 5.32. The van der Waals surface area contributed by atoms with Crippen molar-refractivity contribution in [1.29, 1.82) is 0 Å². The van der Waals surface area contributed by atoms with Gasteiger partial charge in [0.05, 0.1) is 20.0 Å². The molecule has 26 valence electrons. The fraction of sp³-hybridized carbons (Fsp3) is 0. The van der Waals surface area contributed by atoms with Gasteiger partial charge in [0.15, 0.2) is 0 Å².